The van der Waals surface area contributed by atoms with Gasteiger partial charge in [0.05, 0.1) is 7.11 Å². The van der Waals surface area contributed by atoms with E-state index in [0.717, 1.165) is 22.3 Å². The molecule has 1 aliphatic heterocycles. The number of esters is 1. The lowest BCUT2D eigenvalue weighted by molar-refractivity contribution is -0.134. The monoisotopic (exact) mass is 448 g/mol. The Balaban J connectivity index is 1.83. The van der Waals surface area contributed by atoms with Crippen molar-refractivity contribution in [3.05, 3.63) is 46.7 Å². The van der Waals surface area contributed by atoms with Crippen LogP contribution < -0.4 is 10.6 Å². The molecule has 0 radical (unpaired) electrons. The number of benzene rings is 1. The van der Waals surface area contributed by atoms with Crippen molar-refractivity contribution in [1.29, 1.82) is 0 Å². The van der Waals surface area contributed by atoms with E-state index in [-0.39, 0.29) is 28.7 Å². The maximum absolute atomic E-state index is 13.6. The minimum atomic E-state index is -1.11. The third-order valence-electron chi connectivity index (χ3n) is 4.59. The van der Waals surface area contributed by atoms with E-state index < -0.39 is 41.7 Å². The van der Waals surface area contributed by atoms with Crippen LogP contribution in [0, 0.1) is 11.7 Å². The van der Waals surface area contributed by atoms with Gasteiger partial charge in [-0.15, -0.1) is 11.3 Å². The number of aromatic nitrogens is 1. The Morgan fingerprint density at radius 1 is 1.35 bits per heavy atom. The molecule has 2 aromatic rings. The molecule has 9 nitrogen and oxygen atoms in total. The SMILES string of the molecule is COC(=O)c1csc(NC(=O)C(CC(C)C)N2C(=O)NC(c3cccc(F)c3)C2=O)n1. The minimum Gasteiger partial charge on any atom is -0.464 e. The van der Waals surface area contributed by atoms with Crippen molar-refractivity contribution in [2.75, 3.05) is 12.4 Å². The summed E-state index contributed by atoms with van der Waals surface area (Å²) in [6.45, 7) is 3.70. The van der Waals surface area contributed by atoms with Crippen molar-refractivity contribution in [2.24, 2.45) is 5.92 Å². The van der Waals surface area contributed by atoms with Crippen LogP contribution in [0.5, 0.6) is 0 Å². The average molecular weight is 448 g/mol. The summed E-state index contributed by atoms with van der Waals surface area (Å²) in [6, 6.07) is 2.41. The number of halogens is 1. The summed E-state index contributed by atoms with van der Waals surface area (Å²) in [5, 5.41) is 6.62. The standard InChI is InChI=1S/C20H21FN4O5S/c1-10(2)7-14(16(26)24-19-22-13(9-31-19)18(28)30-3)25-17(27)15(23-20(25)29)11-5-4-6-12(21)8-11/h4-6,8-10,14-15H,7H2,1-3H3,(H,23,29)(H,22,24,26). The van der Waals surface area contributed by atoms with E-state index in [1.165, 1.54) is 30.7 Å². The van der Waals surface area contributed by atoms with Gasteiger partial charge >= 0.3 is 12.0 Å². The van der Waals surface area contributed by atoms with Gasteiger partial charge in [0.25, 0.3) is 5.91 Å². The Kier molecular flexibility index (Phi) is 6.64. The molecule has 0 spiro atoms. The molecule has 2 unspecified atom stereocenters. The van der Waals surface area contributed by atoms with Crippen LogP contribution in [0.2, 0.25) is 0 Å². The summed E-state index contributed by atoms with van der Waals surface area (Å²) in [7, 11) is 1.21. The maximum atomic E-state index is 13.6. The van der Waals surface area contributed by atoms with Crippen molar-refractivity contribution in [1.82, 2.24) is 15.2 Å². The predicted molar refractivity (Wildman–Crippen MR) is 110 cm³/mol. The van der Waals surface area contributed by atoms with Crippen molar-refractivity contribution in [3.63, 3.8) is 0 Å². The summed E-state index contributed by atoms with van der Waals surface area (Å²) >= 11 is 1.01. The fraction of sp³-hybridized carbons (Fsp3) is 0.350. The second-order valence-corrected chi connectivity index (χ2v) is 8.17. The Bertz CT molecular complexity index is 1020. The number of imide groups is 1. The number of urea groups is 1. The number of hydrogen-bond donors (Lipinski definition) is 2. The second kappa shape index (κ2) is 9.21. The van der Waals surface area contributed by atoms with Crippen LogP contribution in [-0.4, -0.2) is 46.9 Å². The zero-order chi connectivity index (χ0) is 22.7. The van der Waals surface area contributed by atoms with Gasteiger partial charge in [0, 0.05) is 5.38 Å². The highest BCUT2D eigenvalue weighted by Crippen LogP contribution is 2.27. The Morgan fingerprint density at radius 2 is 2.10 bits per heavy atom. The molecular weight excluding hydrogens is 427 g/mol. The molecule has 2 atom stereocenters. The quantitative estimate of drug-likeness (QED) is 0.497. The van der Waals surface area contributed by atoms with Gasteiger partial charge in [-0.05, 0) is 30.0 Å². The number of thiazole rings is 1. The Morgan fingerprint density at radius 3 is 2.74 bits per heavy atom. The van der Waals surface area contributed by atoms with E-state index in [4.69, 9.17) is 0 Å². The van der Waals surface area contributed by atoms with Crippen molar-refractivity contribution in [2.45, 2.75) is 32.4 Å². The third kappa shape index (κ3) is 4.88. The molecule has 1 aliphatic rings. The molecule has 2 heterocycles. The summed E-state index contributed by atoms with van der Waals surface area (Å²) in [6.07, 6.45) is 0.204. The zero-order valence-corrected chi connectivity index (χ0v) is 17.9. The number of carbonyl (C=O) groups excluding carboxylic acids is 4. The van der Waals surface area contributed by atoms with Crippen LogP contribution in [-0.2, 0) is 14.3 Å². The molecule has 4 amide bonds. The third-order valence-corrected chi connectivity index (χ3v) is 5.35. The number of ether oxygens (including phenoxy) is 1. The summed E-state index contributed by atoms with van der Waals surface area (Å²) in [5.41, 5.74) is 0.316. The first-order valence-corrected chi connectivity index (χ1v) is 10.3. The van der Waals surface area contributed by atoms with Crippen LogP contribution >= 0.6 is 11.3 Å². The van der Waals surface area contributed by atoms with Gasteiger partial charge in [0.15, 0.2) is 10.8 Å². The molecule has 11 heteroatoms. The van der Waals surface area contributed by atoms with Gasteiger partial charge in [-0.3, -0.25) is 9.59 Å². The smallest absolute Gasteiger partial charge is 0.357 e. The van der Waals surface area contributed by atoms with Crippen molar-refractivity contribution in [3.8, 4) is 0 Å². The molecule has 0 saturated carbocycles. The highest BCUT2D eigenvalue weighted by atomic mass is 32.1. The lowest BCUT2D eigenvalue weighted by Crippen LogP contribution is -2.48. The number of anilines is 1. The summed E-state index contributed by atoms with van der Waals surface area (Å²) < 4.78 is 18.2. The van der Waals surface area contributed by atoms with Crippen LogP contribution in [0.1, 0.15) is 42.4 Å². The zero-order valence-electron chi connectivity index (χ0n) is 17.0. The predicted octanol–water partition coefficient (Wildman–Crippen LogP) is 2.72. The molecule has 31 heavy (non-hydrogen) atoms. The van der Waals surface area contributed by atoms with Gasteiger partial charge in [0.1, 0.15) is 17.9 Å². The molecule has 2 N–H and O–H groups in total. The number of carbonyl (C=O) groups is 4. The molecule has 0 bridgehead atoms. The molecule has 1 fully saturated rings. The Hall–Kier alpha value is -3.34. The van der Waals surface area contributed by atoms with Crippen molar-refractivity contribution < 1.29 is 28.3 Å². The molecule has 164 valence electrons. The lowest BCUT2D eigenvalue weighted by Gasteiger charge is -2.25. The van der Waals surface area contributed by atoms with Gasteiger partial charge in [0.2, 0.25) is 5.91 Å². The van der Waals surface area contributed by atoms with E-state index in [2.05, 4.69) is 20.4 Å². The van der Waals surface area contributed by atoms with E-state index in [1.54, 1.807) is 0 Å². The topological polar surface area (TPSA) is 118 Å². The van der Waals surface area contributed by atoms with Crippen LogP contribution in [0.4, 0.5) is 14.3 Å². The van der Waals surface area contributed by atoms with Gasteiger partial charge in [-0.1, -0.05) is 26.0 Å². The van der Waals surface area contributed by atoms with E-state index in [0.29, 0.717) is 0 Å². The van der Waals surface area contributed by atoms with Crippen LogP contribution in [0.25, 0.3) is 0 Å². The van der Waals surface area contributed by atoms with Crippen LogP contribution in [0.15, 0.2) is 29.6 Å². The highest BCUT2D eigenvalue weighted by Gasteiger charge is 2.45. The minimum absolute atomic E-state index is 0.0218. The summed E-state index contributed by atoms with van der Waals surface area (Å²) in [5.74, 6) is -2.48. The number of hydrogen-bond acceptors (Lipinski definition) is 7. The summed E-state index contributed by atoms with van der Waals surface area (Å²) in [4.78, 5) is 55.0. The normalized spacial score (nSPS) is 16.9. The van der Waals surface area contributed by atoms with Gasteiger partial charge in [-0.2, -0.15) is 0 Å². The first-order chi connectivity index (χ1) is 14.7. The number of nitrogens with one attached hydrogen (secondary N) is 2. The largest absolute Gasteiger partial charge is 0.464 e. The molecule has 3 rings (SSSR count). The molecule has 1 aromatic carbocycles. The fourth-order valence-corrected chi connectivity index (χ4v) is 3.88. The average Bonchev–Trinajstić information content (AvgIpc) is 3.29. The van der Waals surface area contributed by atoms with E-state index in [9.17, 15) is 23.6 Å². The first kappa shape index (κ1) is 22.3. The first-order valence-electron chi connectivity index (χ1n) is 9.45. The number of rotatable bonds is 7. The van der Waals surface area contributed by atoms with Crippen molar-refractivity contribution >= 4 is 40.3 Å². The molecular formula is C20H21FN4O5S. The highest BCUT2D eigenvalue weighted by molar-refractivity contribution is 7.14. The number of methoxy groups -OCH3 is 1. The number of nitrogens with zero attached hydrogens (tertiary/aromatic N) is 2. The van der Waals surface area contributed by atoms with Crippen LogP contribution in [0.3, 0.4) is 0 Å². The van der Waals surface area contributed by atoms with E-state index in [1.807, 2.05) is 13.8 Å². The van der Waals surface area contributed by atoms with Gasteiger partial charge in [-0.25, -0.2) is 23.9 Å². The molecule has 0 aliphatic carbocycles. The lowest BCUT2D eigenvalue weighted by atomic mass is 10.0. The molecule has 1 aromatic heterocycles. The van der Waals surface area contributed by atoms with E-state index >= 15 is 0 Å². The number of amides is 4. The molecule has 1 saturated heterocycles. The van der Waals surface area contributed by atoms with Gasteiger partial charge < -0.3 is 15.4 Å². The Labute approximate surface area is 181 Å². The fourth-order valence-electron chi connectivity index (χ4n) is 3.20. The maximum Gasteiger partial charge on any atom is 0.357 e. The second-order valence-electron chi connectivity index (χ2n) is 7.31.